The highest BCUT2D eigenvalue weighted by atomic mass is 79.9. The zero-order valence-corrected chi connectivity index (χ0v) is 11.2. The van der Waals surface area contributed by atoms with Crippen LogP contribution in [0.4, 0.5) is 0 Å². The molecule has 3 nitrogen and oxygen atoms in total. The molecule has 1 N–H and O–H groups in total. The molecular formula is C13H14BrNO2. The van der Waals surface area contributed by atoms with Crippen LogP contribution in [0.1, 0.15) is 11.3 Å². The van der Waals surface area contributed by atoms with E-state index in [1.54, 1.807) is 0 Å². The van der Waals surface area contributed by atoms with Crippen LogP contribution in [-0.4, -0.2) is 29.3 Å². The predicted molar refractivity (Wildman–Crippen MR) is 69.4 cm³/mol. The monoisotopic (exact) mass is 295 g/mol. The first-order valence-corrected chi connectivity index (χ1v) is 6.43. The molecule has 0 unspecified atom stereocenters. The fourth-order valence-electron chi connectivity index (χ4n) is 2.60. The summed E-state index contributed by atoms with van der Waals surface area (Å²) in [4.78, 5) is 0. The normalized spacial score (nSPS) is 18.3. The molecule has 2 aromatic heterocycles. The highest BCUT2D eigenvalue weighted by Gasteiger charge is 2.43. The van der Waals surface area contributed by atoms with Gasteiger partial charge in [-0.2, -0.15) is 0 Å². The summed E-state index contributed by atoms with van der Waals surface area (Å²) in [6.45, 7) is 3.40. The summed E-state index contributed by atoms with van der Waals surface area (Å²) in [7, 11) is 0. The molecule has 1 aliphatic heterocycles. The molecule has 0 spiro atoms. The quantitative estimate of drug-likeness (QED) is 0.922. The van der Waals surface area contributed by atoms with E-state index in [-0.39, 0.29) is 12.0 Å². The number of nitrogens with zero attached hydrogens (tertiary/aromatic N) is 1. The van der Waals surface area contributed by atoms with E-state index in [0.29, 0.717) is 13.2 Å². The Morgan fingerprint density at radius 1 is 1.47 bits per heavy atom. The van der Waals surface area contributed by atoms with Gasteiger partial charge in [-0.15, -0.1) is 0 Å². The largest absolute Gasteiger partial charge is 0.395 e. The standard InChI is InChI=1S/C13H14BrNO2/c1-9-11(14)10-4-2-3-5-15(10)12(9)13(6-16)7-17-8-13/h2-5,16H,6-8H2,1H3. The highest BCUT2D eigenvalue weighted by molar-refractivity contribution is 9.10. The molecule has 17 heavy (non-hydrogen) atoms. The fraction of sp³-hybridized carbons (Fsp3) is 0.385. The van der Waals surface area contributed by atoms with Gasteiger partial charge in [-0.05, 0) is 40.5 Å². The van der Waals surface area contributed by atoms with Crippen molar-refractivity contribution in [1.82, 2.24) is 4.40 Å². The second-order valence-electron chi connectivity index (χ2n) is 4.67. The van der Waals surface area contributed by atoms with Crippen LogP contribution in [0.15, 0.2) is 28.9 Å². The van der Waals surface area contributed by atoms with Crippen molar-refractivity contribution in [3.63, 3.8) is 0 Å². The average Bonchev–Trinajstić information content (AvgIpc) is 2.55. The third-order valence-electron chi connectivity index (χ3n) is 3.57. The minimum atomic E-state index is -0.236. The van der Waals surface area contributed by atoms with Gasteiger partial charge in [0.15, 0.2) is 0 Å². The van der Waals surface area contributed by atoms with Crippen molar-refractivity contribution in [2.24, 2.45) is 0 Å². The van der Waals surface area contributed by atoms with E-state index in [1.165, 1.54) is 5.56 Å². The van der Waals surface area contributed by atoms with Gasteiger partial charge in [0.2, 0.25) is 0 Å². The van der Waals surface area contributed by atoms with Crippen LogP contribution in [0.5, 0.6) is 0 Å². The Kier molecular flexibility index (Phi) is 2.54. The maximum atomic E-state index is 9.67. The number of aromatic nitrogens is 1. The molecule has 0 atom stereocenters. The molecule has 0 saturated carbocycles. The van der Waals surface area contributed by atoms with Gasteiger partial charge in [-0.1, -0.05) is 6.07 Å². The molecule has 90 valence electrons. The summed E-state index contributed by atoms with van der Waals surface area (Å²) in [5.41, 5.74) is 3.25. The lowest BCUT2D eigenvalue weighted by molar-refractivity contribution is -0.0868. The summed E-state index contributed by atoms with van der Waals surface area (Å²) in [5.74, 6) is 0. The molecule has 1 saturated heterocycles. The van der Waals surface area contributed by atoms with Crippen LogP contribution in [0.2, 0.25) is 0 Å². The van der Waals surface area contributed by atoms with E-state index in [9.17, 15) is 5.11 Å². The Balaban J connectivity index is 2.32. The van der Waals surface area contributed by atoms with Crippen molar-refractivity contribution in [2.75, 3.05) is 19.8 Å². The van der Waals surface area contributed by atoms with Crippen LogP contribution in [0.25, 0.3) is 5.52 Å². The smallest absolute Gasteiger partial charge is 0.0809 e. The van der Waals surface area contributed by atoms with Crippen LogP contribution in [-0.2, 0) is 10.2 Å². The van der Waals surface area contributed by atoms with Crippen LogP contribution in [0, 0.1) is 6.92 Å². The zero-order chi connectivity index (χ0) is 12.0. The minimum Gasteiger partial charge on any atom is -0.395 e. The van der Waals surface area contributed by atoms with E-state index >= 15 is 0 Å². The Bertz CT molecular complexity index is 567. The van der Waals surface area contributed by atoms with Gasteiger partial charge in [-0.3, -0.25) is 0 Å². The predicted octanol–water partition coefficient (Wildman–Crippen LogP) is 2.27. The molecule has 0 radical (unpaired) electrons. The number of hydrogen-bond acceptors (Lipinski definition) is 2. The highest BCUT2D eigenvalue weighted by Crippen LogP contribution is 2.39. The first kappa shape index (κ1) is 11.3. The topological polar surface area (TPSA) is 33.9 Å². The van der Waals surface area contributed by atoms with Crippen molar-refractivity contribution < 1.29 is 9.84 Å². The lowest BCUT2D eigenvalue weighted by atomic mass is 9.81. The first-order chi connectivity index (χ1) is 8.19. The Hall–Kier alpha value is -0.840. The number of pyridine rings is 1. The van der Waals surface area contributed by atoms with E-state index in [1.807, 2.05) is 18.3 Å². The van der Waals surface area contributed by atoms with E-state index in [4.69, 9.17) is 4.74 Å². The van der Waals surface area contributed by atoms with Crippen LogP contribution >= 0.6 is 15.9 Å². The molecule has 0 amide bonds. The van der Waals surface area contributed by atoms with E-state index in [0.717, 1.165) is 15.7 Å². The summed E-state index contributed by atoms with van der Waals surface area (Å²) < 4.78 is 8.56. The van der Waals surface area contributed by atoms with Crippen molar-refractivity contribution in [1.29, 1.82) is 0 Å². The third kappa shape index (κ3) is 1.41. The summed E-state index contributed by atoms with van der Waals surface area (Å²) in [6, 6.07) is 6.10. The minimum absolute atomic E-state index is 0.126. The summed E-state index contributed by atoms with van der Waals surface area (Å²) in [5, 5.41) is 9.67. The van der Waals surface area contributed by atoms with Gasteiger partial charge in [0, 0.05) is 16.4 Å². The SMILES string of the molecule is Cc1c(Br)c2ccccn2c1C1(CO)COC1. The Labute approximate surface area is 108 Å². The number of fused-ring (bicyclic) bond motifs is 1. The van der Waals surface area contributed by atoms with Gasteiger partial charge in [0.05, 0.1) is 30.8 Å². The Morgan fingerprint density at radius 3 is 2.82 bits per heavy atom. The van der Waals surface area contributed by atoms with Gasteiger partial charge in [-0.25, -0.2) is 0 Å². The lowest BCUT2D eigenvalue weighted by Crippen LogP contribution is -2.50. The molecule has 0 bridgehead atoms. The molecular weight excluding hydrogens is 282 g/mol. The van der Waals surface area contributed by atoms with Gasteiger partial charge < -0.3 is 14.2 Å². The van der Waals surface area contributed by atoms with Crippen molar-refractivity contribution >= 4 is 21.4 Å². The lowest BCUT2D eigenvalue weighted by Gasteiger charge is -2.40. The average molecular weight is 296 g/mol. The van der Waals surface area contributed by atoms with E-state index < -0.39 is 0 Å². The summed E-state index contributed by atoms with van der Waals surface area (Å²) >= 11 is 3.63. The number of halogens is 1. The molecule has 0 aromatic carbocycles. The molecule has 3 heterocycles. The molecule has 1 fully saturated rings. The first-order valence-electron chi connectivity index (χ1n) is 5.64. The maximum absolute atomic E-state index is 9.67. The number of aliphatic hydroxyl groups is 1. The summed E-state index contributed by atoms with van der Waals surface area (Å²) in [6.07, 6.45) is 2.04. The van der Waals surface area contributed by atoms with Crippen molar-refractivity contribution in [3.8, 4) is 0 Å². The van der Waals surface area contributed by atoms with Crippen LogP contribution < -0.4 is 0 Å². The third-order valence-corrected chi connectivity index (χ3v) is 4.57. The second-order valence-corrected chi connectivity index (χ2v) is 5.47. The Morgan fingerprint density at radius 2 is 2.24 bits per heavy atom. The molecule has 2 aromatic rings. The molecule has 0 aliphatic carbocycles. The number of rotatable bonds is 2. The van der Waals surface area contributed by atoms with Gasteiger partial charge in [0.25, 0.3) is 0 Å². The van der Waals surface area contributed by atoms with E-state index in [2.05, 4.69) is 33.3 Å². The molecule has 1 aliphatic rings. The second kappa shape index (κ2) is 3.83. The maximum Gasteiger partial charge on any atom is 0.0809 e. The van der Waals surface area contributed by atoms with Crippen LogP contribution in [0.3, 0.4) is 0 Å². The fourth-order valence-corrected chi connectivity index (χ4v) is 3.11. The number of ether oxygens (including phenoxy) is 1. The molecule has 3 rings (SSSR count). The molecule has 4 heteroatoms. The van der Waals surface area contributed by atoms with Gasteiger partial charge >= 0.3 is 0 Å². The zero-order valence-electron chi connectivity index (χ0n) is 9.61. The van der Waals surface area contributed by atoms with Gasteiger partial charge in [0.1, 0.15) is 0 Å². The van der Waals surface area contributed by atoms with Crippen molar-refractivity contribution in [3.05, 3.63) is 40.1 Å². The van der Waals surface area contributed by atoms with Crippen molar-refractivity contribution in [2.45, 2.75) is 12.3 Å². The number of hydrogen-bond donors (Lipinski definition) is 1. The number of aliphatic hydroxyl groups excluding tert-OH is 1.